The van der Waals surface area contributed by atoms with E-state index in [4.69, 9.17) is 0 Å². The van der Waals surface area contributed by atoms with Crippen LogP contribution in [-0.4, -0.2) is 57.6 Å². The third-order valence-electron chi connectivity index (χ3n) is 5.42. The number of fused-ring (bicyclic) bond motifs is 1. The molecular formula is C17H26N4O2. The highest BCUT2D eigenvalue weighted by molar-refractivity contribution is 5.77. The summed E-state index contributed by atoms with van der Waals surface area (Å²) in [5.74, 6) is 0.914. The Morgan fingerprint density at radius 1 is 1.35 bits per heavy atom. The topological polar surface area (TPSA) is 58.4 Å². The number of carbonyl (C=O) groups is 2. The van der Waals surface area contributed by atoms with E-state index >= 15 is 0 Å². The van der Waals surface area contributed by atoms with Gasteiger partial charge in [-0.05, 0) is 37.7 Å². The van der Waals surface area contributed by atoms with Gasteiger partial charge in [0.25, 0.3) is 0 Å². The standard InChI is InChI=1S/C17H26N4O2/c1-19-15-9-11-21(12-13(15)4-3-5-16(19)22)17(23)7-6-14-8-10-18-20(14)2/h8,10,13,15H,3-7,9,11-12H2,1-2H3/t13-,15-/m1/s1. The van der Waals surface area contributed by atoms with Gasteiger partial charge in [0, 0.05) is 58.0 Å². The molecule has 2 fully saturated rings. The molecule has 0 saturated carbocycles. The lowest BCUT2D eigenvalue weighted by Gasteiger charge is -2.41. The van der Waals surface area contributed by atoms with Crippen molar-refractivity contribution in [3.63, 3.8) is 0 Å². The Kier molecular flexibility index (Phi) is 4.68. The molecule has 2 amide bonds. The number of aryl methyl sites for hydroxylation is 2. The van der Waals surface area contributed by atoms with Crippen LogP contribution in [0.15, 0.2) is 12.3 Å². The number of carbonyl (C=O) groups excluding carboxylic acids is 2. The van der Waals surface area contributed by atoms with E-state index in [1.165, 1.54) is 0 Å². The van der Waals surface area contributed by atoms with Gasteiger partial charge in [0.2, 0.25) is 11.8 Å². The Morgan fingerprint density at radius 2 is 2.17 bits per heavy atom. The largest absolute Gasteiger partial charge is 0.342 e. The predicted molar refractivity (Wildman–Crippen MR) is 86.6 cm³/mol. The van der Waals surface area contributed by atoms with Crippen LogP contribution in [-0.2, 0) is 23.1 Å². The number of piperidine rings is 1. The molecule has 0 aliphatic carbocycles. The molecule has 2 saturated heterocycles. The third-order valence-corrected chi connectivity index (χ3v) is 5.42. The number of aromatic nitrogens is 2. The van der Waals surface area contributed by atoms with Crippen LogP contribution in [0.5, 0.6) is 0 Å². The van der Waals surface area contributed by atoms with Crippen molar-refractivity contribution in [2.75, 3.05) is 20.1 Å². The Labute approximate surface area is 137 Å². The minimum Gasteiger partial charge on any atom is -0.342 e. The van der Waals surface area contributed by atoms with E-state index in [2.05, 4.69) is 5.10 Å². The molecule has 23 heavy (non-hydrogen) atoms. The smallest absolute Gasteiger partial charge is 0.222 e. The molecule has 126 valence electrons. The van der Waals surface area contributed by atoms with E-state index in [1.807, 2.05) is 34.6 Å². The molecule has 2 atom stereocenters. The first-order chi connectivity index (χ1) is 11.1. The Hall–Kier alpha value is -1.85. The van der Waals surface area contributed by atoms with Crippen LogP contribution in [0.25, 0.3) is 0 Å². The molecule has 0 N–H and O–H groups in total. The number of rotatable bonds is 3. The zero-order valence-corrected chi connectivity index (χ0v) is 14.1. The van der Waals surface area contributed by atoms with Crippen LogP contribution in [0.3, 0.4) is 0 Å². The molecule has 1 aromatic heterocycles. The summed E-state index contributed by atoms with van der Waals surface area (Å²) in [4.78, 5) is 28.4. The fraction of sp³-hybridized carbons (Fsp3) is 0.706. The van der Waals surface area contributed by atoms with Gasteiger partial charge in [-0.25, -0.2) is 0 Å². The highest BCUT2D eigenvalue weighted by atomic mass is 16.2. The SMILES string of the molecule is CN1C(=O)CCC[C@@H]2CN(C(=O)CCc3ccnn3C)CC[C@H]21. The Morgan fingerprint density at radius 3 is 2.91 bits per heavy atom. The third kappa shape index (κ3) is 3.41. The second kappa shape index (κ2) is 6.72. The average molecular weight is 318 g/mol. The van der Waals surface area contributed by atoms with Gasteiger partial charge in [0.1, 0.15) is 0 Å². The summed E-state index contributed by atoms with van der Waals surface area (Å²) in [7, 11) is 3.83. The maximum Gasteiger partial charge on any atom is 0.222 e. The summed E-state index contributed by atoms with van der Waals surface area (Å²) >= 11 is 0. The van der Waals surface area contributed by atoms with Gasteiger partial charge in [-0.15, -0.1) is 0 Å². The van der Waals surface area contributed by atoms with Crippen molar-refractivity contribution in [1.29, 1.82) is 0 Å². The molecule has 0 aromatic carbocycles. The number of amides is 2. The zero-order chi connectivity index (χ0) is 16.4. The molecule has 0 bridgehead atoms. The Balaban J connectivity index is 1.57. The first-order valence-corrected chi connectivity index (χ1v) is 8.56. The quantitative estimate of drug-likeness (QED) is 0.842. The van der Waals surface area contributed by atoms with E-state index in [1.54, 1.807) is 6.20 Å². The second-order valence-electron chi connectivity index (χ2n) is 6.80. The highest BCUT2D eigenvalue weighted by Crippen LogP contribution is 2.29. The maximum atomic E-state index is 12.5. The summed E-state index contributed by atoms with van der Waals surface area (Å²) in [5.41, 5.74) is 1.09. The van der Waals surface area contributed by atoms with Crippen LogP contribution in [0.4, 0.5) is 0 Å². The summed E-state index contributed by atoms with van der Waals surface area (Å²) in [6, 6.07) is 2.27. The van der Waals surface area contributed by atoms with E-state index in [9.17, 15) is 9.59 Å². The first-order valence-electron chi connectivity index (χ1n) is 8.56. The molecule has 1 aromatic rings. The van der Waals surface area contributed by atoms with E-state index < -0.39 is 0 Å². The molecule has 2 aliphatic heterocycles. The molecule has 0 radical (unpaired) electrons. The Bertz CT molecular complexity index is 583. The minimum absolute atomic E-state index is 0.225. The lowest BCUT2D eigenvalue weighted by atomic mass is 9.88. The molecule has 6 heteroatoms. The molecule has 3 heterocycles. The second-order valence-corrected chi connectivity index (χ2v) is 6.80. The van der Waals surface area contributed by atoms with Gasteiger partial charge in [0.15, 0.2) is 0 Å². The molecule has 0 spiro atoms. The van der Waals surface area contributed by atoms with Crippen LogP contribution in [0.1, 0.15) is 37.8 Å². The number of hydrogen-bond donors (Lipinski definition) is 0. The van der Waals surface area contributed by atoms with Crippen molar-refractivity contribution < 1.29 is 9.59 Å². The van der Waals surface area contributed by atoms with Crippen molar-refractivity contribution >= 4 is 11.8 Å². The molecule has 0 unspecified atom stereocenters. The van der Waals surface area contributed by atoms with Crippen molar-refractivity contribution in [2.24, 2.45) is 13.0 Å². The van der Waals surface area contributed by atoms with E-state index in [-0.39, 0.29) is 11.8 Å². The number of hydrogen-bond acceptors (Lipinski definition) is 3. The molecule has 2 aliphatic rings. The van der Waals surface area contributed by atoms with Crippen LogP contribution >= 0.6 is 0 Å². The number of nitrogens with zero attached hydrogens (tertiary/aromatic N) is 4. The van der Waals surface area contributed by atoms with Crippen molar-refractivity contribution in [2.45, 2.75) is 44.6 Å². The van der Waals surface area contributed by atoms with Gasteiger partial charge in [-0.2, -0.15) is 5.10 Å². The van der Waals surface area contributed by atoms with Gasteiger partial charge in [-0.3, -0.25) is 14.3 Å². The summed E-state index contributed by atoms with van der Waals surface area (Å²) < 4.78 is 1.82. The first kappa shape index (κ1) is 16.0. The van der Waals surface area contributed by atoms with Crippen LogP contribution in [0.2, 0.25) is 0 Å². The lowest BCUT2D eigenvalue weighted by molar-refractivity contribution is -0.136. The zero-order valence-electron chi connectivity index (χ0n) is 14.1. The fourth-order valence-corrected chi connectivity index (χ4v) is 3.96. The predicted octanol–water partition coefficient (Wildman–Crippen LogP) is 1.21. The molecule has 6 nitrogen and oxygen atoms in total. The van der Waals surface area contributed by atoms with Crippen molar-refractivity contribution in [3.05, 3.63) is 18.0 Å². The van der Waals surface area contributed by atoms with Gasteiger partial charge in [0.05, 0.1) is 0 Å². The number of likely N-dealkylation sites (tertiary alicyclic amines) is 2. The van der Waals surface area contributed by atoms with Gasteiger partial charge < -0.3 is 9.80 Å². The maximum absolute atomic E-state index is 12.5. The molecular weight excluding hydrogens is 292 g/mol. The van der Waals surface area contributed by atoms with Crippen LogP contribution in [0, 0.1) is 5.92 Å². The van der Waals surface area contributed by atoms with Crippen LogP contribution < -0.4 is 0 Å². The summed E-state index contributed by atoms with van der Waals surface area (Å²) in [6.45, 7) is 1.56. The van der Waals surface area contributed by atoms with Crippen molar-refractivity contribution in [1.82, 2.24) is 19.6 Å². The van der Waals surface area contributed by atoms with E-state index in [0.717, 1.165) is 44.5 Å². The van der Waals surface area contributed by atoms with Gasteiger partial charge >= 0.3 is 0 Å². The average Bonchev–Trinajstić information content (AvgIpc) is 2.90. The summed E-state index contributed by atoms with van der Waals surface area (Å²) in [6.07, 6.45) is 6.59. The van der Waals surface area contributed by atoms with E-state index in [0.29, 0.717) is 24.8 Å². The minimum atomic E-state index is 0.225. The lowest BCUT2D eigenvalue weighted by Crippen LogP contribution is -2.51. The highest BCUT2D eigenvalue weighted by Gasteiger charge is 2.36. The van der Waals surface area contributed by atoms with Crippen molar-refractivity contribution in [3.8, 4) is 0 Å². The summed E-state index contributed by atoms with van der Waals surface area (Å²) in [5, 5.41) is 4.14. The molecule has 3 rings (SSSR count). The fourth-order valence-electron chi connectivity index (χ4n) is 3.96. The monoisotopic (exact) mass is 318 g/mol. The van der Waals surface area contributed by atoms with Gasteiger partial charge in [-0.1, -0.05) is 0 Å². The normalized spacial score (nSPS) is 25.2.